The summed E-state index contributed by atoms with van der Waals surface area (Å²) in [5.41, 5.74) is 0. The third-order valence-electron chi connectivity index (χ3n) is 2.41. The van der Waals surface area contributed by atoms with E-state index in [9.17, 15) is 0 Å². The van der Waals surface area contributed by atoms with Crippen molar-refractivity contribution in [1.29, 1.82) is 0 Å². The average Bonchev–Trinajstić information content (AvgIpc) is 2.83. The molecule has 2 unspecified atom stereocenters. The molecule has 70 valence electrons. The van der Waals surface area contributed by atoms with Crippen LogP contribution < -0.4 is 5.32 Å². The van der Waals surface area contributed by atoms with Crippen LogP contribution in [-0.4, -0.2) is 16.0 Å². The molecule has 1 aromatic rings. The van der Waals surface area contributed by atoms with E-state index < -0.39 is 0 Å². The first kappa shape index (κ1) is 8.75. The summed E-state index contributed by atoms with van der Waals surface area (Å²) in [5.74, 6) is 1.65. The largest absolute Gasteiger partial charge is 0.367 e. The number of halogens is 1. The smallest absolute Gasteiger partial charge is 0.134 e. The van der Waals surface area contributed by atoms with Crippen LogP contribution in [0.15, 0.2) is 12.4 Å². The van der Waals surface area contributed by atoms with Gasteiger partial charge < -0.3 is 5.32 Å². The van der Waals surface area contributed by atoms with Crippen molar-refractivity contribution in [3.63, 3.8) is 0 Å². The van der Waals surface area contributed by atoms with Gasteiger partial charge in [0.2, 0.25) is 0 Å². The lowest BCUT2D eigenvalue weighted by Gasteiger charge is -2.03. The number of hydrogen-bond acceptors (Lipinski definition) is 3. The Balaban J connectivity index is 1.95. The van der Waals surface area contributed by atoms with Crippen LogP contribution in [-0.2, 0) is 0 Å². The molecule has 0 aliphatic heterocycles. The van der Waals surface area contributed by atoms with Gasteiger partial charge in [0.1, 0.15) is 17.3 Å². The third kappa shape index (κ3) is 2.10. The van der Waals surface area contributed by atoms with Gasteiger partial charge in [0, 0.05) is 12.1 Å². The van der Waals surface area contributed by atoms with Crippen LogP contribution in [0.5, 0.6) is 0 Å². The minimum atomic E-state index is 0.492. The number of hydrogen-bond donors (Lipinski definition) is 1. The second-order valence-corrected chi connectivity index (χ2v) is 3.77. The maximum absolute atomic E-state index is 5.73. The van der Waals surface area contributed by atoms with Crippen molar-refractivity contribution >= 4 is 17.4 Å². The van der Waals surface area contributed by atoms with Crippen molar-refractivity contribution in [2.45, 2.75) is 25.8 Å². The summed E-state index contributed by atoms with van der Waals surface area (Å²) in [5, 5.41) is 3.81. The second kappa shape index (κ2) is 3.50. The molecular formula is C9H12ClN3. The van der Waals surface area contributed by atoms with Gasteiger partial charge in [0.25, 0.3) is 0 Å². The Morgan fingerprint density at radius 1 is 1.62 bits per heavy atom. The maximum Gasteiger partial charge on any atom is 0.134 e. The van der Waals surface area contributed by atoms with E-state index in [4.69, 9.17) is 11.6 Å². The Hall–Kier alpha value is -0.830. The first-order valence-corrected chi connectivity index (χ1v) is 4.91. The maximum atomic E-state index is 5.73. The molecule has 13 heavy (non-hydrogen) atoms. The lowest BCUT2D eigenvalue weighted by Crippen LogP contribution is -2.05. The molecule has 1 fully saturated rings. The van der Waals surface area contributed by atoms with Gasteiger partial charge in [-0.05, 0) is 12.3 Å². The highest BCUT2D eigenvalue weighted by molar-refractivity contribution is 6.29. The summed E-state index contributed by atoms with van der Waals surface area (Å²) in [6.07, 6.45) is 3.96. The summed E-state index contributed by atoms with van der Waals surface area (Å²) < 4.78 is 0. The van der Waals surface area contributed by atoms with E-state index in [1.54, 1.807) is 6.07 Å². The molecule has 3 nitrogen and oxygen atoms in total. The Kier molecular flexibility index (Phi) is 2.36. The summed E-state index contributed by atoms with van der Waals surface area (Å²) in [4.78, 5) is 7.90. The Morgan fingerprint density at radius 3 is 3.08 bits per heavy atom. The molecule has 0 bridgehead atoms. The van der Waals surface area contributed by atoms with Crippen LogP contribution in [0, 0.1) is 5.92 Å². The van der Waals surface area contributed by atoms with Gasteiger partial charge in [-0.1, -0.05) is 24.9 Å². The van der Waals surface area contributed by atoms with E-state index in [2.05, 4.69) is 22.2 Å². The molecule has 1 heterocycles. The summed E-state index contributed by atoms with van der Waals surface area (Å²) >= 11 is 5.73. The average molecular weight is 198 g/mol. The number of anilines is 1. The predicted octanol–water partition coefficient (Wildman–Crippen LogP) is 2.34. The van der Waals surface area contributed by atoms with Gasteiger partial charge >= 0.3 is 0 Å². The van der Waals surface area contributed by atoms with Gasteiger partial charge in [-0.2, -0.15) is 0 Å². The molecule has 0 radical (unpaired) electrons. The SMILES string of the molecule is CCC1CC1Nc1cc(Cl)ncn1. The fourth-order valence-electron chi connectivity index (χ4n) is 1.48. The predicted molar refractivity (Wildman–Crippen MR) is 52.9 cm³/mol. The van der Waals surface area contributed by atoms with E-state index in [1.807, 2.05) is 0 Å². The standard InChI is InChI=1S/C9H12ClN3/c1-2-6-3-7(6)13-9-4-8(10)11-5-12-9/h4-7H,2-3H2,1H3,(H,11,12,13). The highest BCUT2D eigenvalue weighted by Gasteiger charge is 2.35. The van der Waals surface area contributed by atoms with E-state index >= 15 is 0 Å². The van der Waals surface area contributed by atoms with Gasteiger partial charge in [-0.3, -0.25) is 0 Å². The van der Waals surface area contributed by atoms with E-state index in [0.717, 1.165) is 11.7 Å². The van der Waals surface area contributed by atoms with Crippen molar-refractivity contribution in [2.75, 3.05) is 5.32 Å². The molecular weight excluding hydrogens is 186 g/mol. The van der Waals surface area contributed by atoms with E-state index in [0.29, 0.717) is 11.2 Å². The minimum Gasteiger partial charge on any atom is -0.367 e. The number of nitrogens with one attached hydrogen (secondary N) is 1. The van der Waals surface area contributed by atoms with Crippen molar-refractivity contribution in [3.05, 3.63) is 17.5 Å². The van der Waals surface area contributed by atoms with Gasteiger partial charge in [0.05, 0.1) is 0 Å². The molecule has 4 heteroatoms. The lowest BCUT2D eigenvalue weighted by molar-refractivity contribution is 0.773. The quantitative estimate of drug-likeness (QED) is 0.756. The fraction of sp³-hybridized carbons (Fsp3) is 0.556. The van der Waals surface area contributed by atoms with Crippen LogP contribution >= 0.6 is 11.6 Å². The topological polar surface area (TPSA) is 37.8 Å². The van der Waals surface area contributed by atoms with Crippen LogP contribution in [0.3, 0.4) is 0 Å². The van der Waals surface area contributed by atoms with E-state index in [-0.39, 0.29) is 0 Å². The molecule has 1 aliphatic carbocycles. The van der Waals surface area contributed by atoms with Gasteiger partial charge in [-0.15, -0.1) is 0 Å². The van der Waals surface area contributed by atoms with Crippen LogP contribution in [0.2, 0.25) is 5.15 Å². The van der Waals surface area contributed by atoms with Crippen molar-refractivity contribution in [2.24, 2.45) is 5.92 Å². The first-order chi connectivity index (χ1) is 6.29. The number of aromatic nitrogens is 2. The normalized spacial score (nSPS) is 25.7. The van der Waals surface area contributed by atoms with Gasteiger partial charge in [-0.25, -0.2) is 9.97 Å². The number of rotatable bonds is 3. The first-order valence-electron chi connectivity index (χ1n) is 4.53. The molecule has 0 spiro atoms. The highest BCUT2D eigenvalue weighted by Crippen LogP contribution is 2.35. The number of nitrogens with zero attached hydrogens (tertiary/aromatic N) is 2. The highest BCUT2D eigenvalue weighted by atomic mass is 35.5. The molecule has 0 aromatic carbocycles. The summed E-state index contributed by atoms with van der Waals surface area (Å²) in [6.45, 7) is 2.21. The Labute approximate surface area is 82.5 Å². The van der Waals surface area contributed by atoms with Gasteiger partial charge in [0.15, 0.2) is 0 Å². The molecule has 0 amide bonds. The monoisotopic (exact) mass is 197 g/mol. The third-order valence-corrected chi connectivity index (χ3v) is 2.62. The molecule has 1 aliphatic rings. The molecule has 1 N–H and O–H groups in total. The molecule has 2 atom stereocenters. The molecule has 2 rings (SSSR count). The van der Waals surface area contributed by atoms with Crippen molar-refractivity contribution in [1.82, 2.24) is 9.97 Å². The zero-order valence-electron chi connectivity index (χ0n) is 7.50. The second-order valence-electron chi connectivity index (χ2n) is 3.38. The minimum absolute atomic E-state index is 0.492. The molecule has 0 saturated heterocycles. The molecule has 1 saturated carbocycles. The van der Waals surface area contributed by atoms with Crippen molar-refractivity contribution in [3.8, 4) is 0 Å². The summed E-state index contributed by atoms with van der Waals surface area (Å²) in [7, 11) is 0. The van der Waals surface area contributed by atoms with Crippen LogP contribution in [0.1, 0.15) is 19.8 Å². The van der Waals surface area contributed by atoms with Crippen LogP contribution in [0.4, 0.5) is 5.82 Å². The van der Waals surface area contributed by atoms with E-state index in [1.165, 1.54) is 19.2 Å². The fourth-order valence-corrected chi connectivity index (χ4v) is 1.63. The lowest BCUT2D eigenvalue weighted by atomic mass is 10.3. The van der Waals surface area contributed by atoms with Crippen molar-refractivity contribution < 1.29 is 0 Å². The molecule has 1 aromatic heterocycles. The van der Waals surface area contributed by atoms with Crippen LogP contribution in [0.25, 0.3) is 0 Å². The zero-order valence-corrected chi connectivity index (χ0v) is 8.25. The Morgan fingerprint density at radius 2 is 2.46 bits per heavy atom. The Bertz CT molecular complexity index is 303. The zero-order chi connectivity index (χ0) is 9.26. The summed E-state index contributed by atoms with van der Waals surface area (Å²) in [6, 6.07) is 2.35.